The van der Waals surface area contributed by atoms with Gasteiger partial charge in [-0.3, -0.25) is 4.79 Å². The SMILES string of the molecule is CO[C@H]1CN(C(=O)c2cc(C(F)(F)F)ccc2-n2nccn2)C(C)(c2nc3cc(Cl)ccc3n2C)C1. The number of halogens is 4. The molecule has 2 aromatic heterocycles. The van der Waals surface area contributed by atoms with Gasteiger partial charge in [0.25, 0.3) is 5.91 Å². The average Bonchev–Trinajstić information content (AvgIpc) is 3.56. The van der Waals surface area contributed by atoms with E-state index >= 15 is 0 Å². The van der Waals surface area contributed by atoms with Gasteiger partial charge in [0.2, 0.25) is 0 Å². The molecule has 0 radical (unpaired) electrons. The van der Waals surface area contributed by atoms with Crippen LogP contribution in [0.3, 0.4) is 0 Å². The standard InChI is InChI=1S/C24H22ClF3N6O2/c1-23(22-31-18-11-15(25)5-7-20(18)32(22)2)12-16(36-3)13-33(23)21(35)17-10-14(24(26,27)28)4-6-19(17)34-29-8-9-30-34/h4-11,16H,12-13H2,1-3H3/t16-,23?/m1/s1. The molecule has 1 aliphatic rings. The summed E-state index contributed by atoms with van der Waals surface area (Å²) in [7, 11) is 3.37. The molecule has 0 aliphatic carbocycles. The normalized spacial score (nSPS) is 20.4. The van der Waals surface area contributed by atoms with E-state index in [9.17, 15) is 18.0 Å². The molecule has 0 bridgehead atoms. The van der Waals surface area contributed by atoms with E-state index in [1.54, 1.807) is 12.1 Å². The van der Waals surface area contributed by atoms with Gasteiger partial charge in [-0.25, -0.2) is 4.98 Å². The number of alkyl halides is 3. The van der Waals surface area contributed by atoms with Crippen molar-refractivity contribution in [3.8, 4) is 5.69 Å². The summed E-state index contributed by atoms with van der Waals surface area (Å²) in [5, 5.41) is 8.57. The van der Waals surface area contributed by atoms with Crippen LogP contribution >= 0.6 is 11.6 Å². The molecule has 0 spiro atoms. The summed E-state index contributed by atoms with van der Waals surface area (Å²) in [6, 6.07) is 8.27. The number of amides is 1. The van der Waals surface area contributed by atoms with Crippen LogP contribution in [0, 0.1) is 0 Å². The van der Waals surface area contributed by atoms with Gasteiger partial charge in [-0.15, -0.1) is 0 Å². The van der Waals surface area contributed by atoms with Crippen molar-refractivity contribution < 1.29 is 22.7 Å². The molecule has 1 aliphatic heterocycles. The maximum Gasteiger partial charge on any atom is 0.416 e. The zero-order chi connectivity index (χ0) is 25.8. The minimum absolute atomic E-state index is 0.137. The maximum absolute atomic E-state index is 14.0. The molecule has 1 amide bonds. The Bertz CT molecular complexity index is 1450. The summed E-state index contributed by atoms with van der Waals surface area (Å²) in [6.45, 7) is 2.00. The monoisotopic (exact) mass is 518 g/mol. The molecule has 0 saturated carbocycles. The van der Waals surface area contributed by atoms with E-state index in [1.807, 2.05) is 24.6 Å². The summed E-state index contributed by atoms with van der Waals surface area (Å²) in [5.74, 6) is -0.0426. The number of imidazole rings is 1. The van der Waals surface area contributed by atoms with Crippen molar-refractivity contribution in [1.82, 2.24) is 29.4 Å². The lowest BCUT2D eigenvalue weighted by atomic mass is 9.95. The molecule has 2 atom stereocenters. The molecule has 2 aromatic carbocycles. The summed E-state index contributed by atoms with van der Waals surface area (Å²) < 4.78 is 48.3. The number of fused-ring (bicyclic) bond motifs is 1. The highest BCUT2D eigenvalue weighted by Crippen LogP contribution is 2.42. The van der Waals surface area contributed by atoms with E-state index in [1.165, 1.54) is 30.5 Å². The molecule has 188 valence electrons. The molecule has 5 rings (SSSR count). The number of rotatable bonds is 4. The third kappa shape index (κ3) is 3.92. The minimum Gasteiger partial charge on any atom is -0.380 e. The number of carbonyl (C=O) groups excluding carboxylic acids is 1. The van der Waals surface area contributed by atoms with Crippen LogP contribution in [0.15, 0.2) is 48.8 Å². The Labute approximate surface area is 209 Å². The summed E-state index contributed by atoms with van der Waals surface area (Å²) >= 11 is 6.16. The number of methoxy groups -OCH3 is 1. The van der Waals surface area contributed by atoms with E-state index in [-0.39, 0.29) is 23.9 Å². The third-order valence-electron chi connectivity index (χ3n) is 6.70. The topological polar surface area (TPSA) is 78.1 Å². The lowest BCUT2D eigenvalue weighted by Crippen LogP contribution is -2.45. The van der Waals surface area contributed by atoms with Crippen molar-refractivity contribution in [3.05, 3.63) is 70.8 Å². The fraction of sp³-hybridized carbons (Fsp3) is 0.333. The molecule has 8 nitrogen and oxygen atoms in total. The summed E-state index contributed by atoms with van der Waals surface area (Å²) in [4.78, 5) is 21.5. The highest BCUT2D eigenvalue weighted by atomic mass is 35.5. The number of aryl methyl sites for hydroxylation is 1. The summed E-state index contributed by atoms with van der Waals surface area (Å²) in [6.07, 6.45) is -1.81. The van der Waals surface area contributed by atoms with Crippen LogP contribution in [-0.2, 0) is 23.5 Å². The fourth-order valence-corrected chi connectivity index (χ4v) is 5.06. The van der Waals surface area contributed by atoms with Crippen LogP contribution in [0.1, 0.15) is 35.1 Å². The number of benzene rings is 2. The van der Waals surface area contributed by atoms with Crippen molar-refractivity contribution in [2.75, 3.05) is 13.7 Å². The second-order valence-electron chi connectivity index (χ2n) is 8.93. The van der Waals surface area contributed by atoms with Gasteiger partial charge in [-0.2, -0.15) is 28.2 Å². The Morgan fingerprint density at radius 3 is 2.56 bits per heavy atom. The molecule has 1 fully saturated rings. The highest BCUT2D eigenvalue weighted by Gasteiger charge is 2.49. The minimum atomic E-state index is -4.63. The zero-order valence-electron chi connectivity index (χ0n) is 19.6. The Morgan fingerprint density at radius 2 is 1.89 bits per heavy atom. The van der Waals surface area contributed by atoms with Crippen molar-refractivity contribution in [2.24, 2.45) is 7.05 Å². The van der Waals surface area contributed by atoms with Crippen molar-refractivity contribution in [1.29, 1.82) is 0 Å². The number of carbonyl (C=O) groups is 1. The van der Waals surface area contributed by atoms with Crippen molar-refractivity contribution in [2.45, 2.75) is 31.2 Å². The number of hydrogen-bond acceptors (Lipinski definition) is 5. The second-order valence-corrected chi connectivity index (χ2v) is 9.36. The van der Waals surface area contributed by atoms with Gasteiger partial charge in [0, 0.05) is 32.1 Å². The van der Waals surface area contributed by atoms with Gasteiger partial charge in [0.1, 0.15) is 11.4 Å². The Morgan fingerprint density at radius 1 is 1.17 bits per heavy atom. The van der Waals surface area contributed by atoms with Crippen LogP contribution in [0.25, 0.3) is 16.7 Å². The molecular weight excluding hydrogens is 497 g/mol. The zero-order valence-corrected chi connectivity index (χ0v) is 20.4. The van der Waals surface area contributed by atoms with Gasteiger partial charge in [-0.1, -0.05) is 11.6 Å². The van der Waals surface area contributed by atoms with Crippen molar-refractivity contribution >= 4 is 28.5 Å². The molecule has 4 aromatic rings. The van der Waals surface area contributed by atoms with E-state index in [2.05, 4.69) is 10.2 Å². The van der Waals surface area contributed by atoms with E-state index in [0.29, 0.717) is 22.8 Å². The summed E-state index contributed by atoms with van der Waals surface area (Å²) in [5.41, 5.74) is -0.507. The van der Waals surface area contributed by atoms with Gasteiger partial charge in [0.05, 0.1) is 46.3 Å². The van der Waals surface area contributed by atoms with Crippen LogP contribution in [-0.4, -0.2) is 55.1 Å². The quantitative estimate of drug-likeness (QED) is 0.394. The fourth-order valence-electron chi connectivity index (χ4n) is 4.90. The molecule has 0 N–H and O–H groups in total. The Hall–Kier alpha value is -3.44. The Balaban J connectivity index is 1.66. The van der Waals surface area contributed by atoms with Gasteiger partial charge in [0.15, 0.2) is 0 Å². The number of nitrogens with zero attached hydrogens (tertiary/aromatic N) is 6. The number of aromatic nitrogens is 5. The lowest BCUT2D eigenvalue weighted by molar-refractivity contribution is -0.137. The van der Waals surface area contributed by atoms with E-state index < -0.39 is 23.2 Å². The van der Waals surface area contributed by atoms with Crippen LogP contribution in [0.2, 0.25) is 5.02 Å². The van der Waals surface area contributed by atoms with Crippen molar-refractivity contribution in [3.63, 3.8) is 0 Å². The second kappa shape index (κ2) is 8.59. The third-order valence-corrected chi connectivity index (χ3v) is 6.93. The lowest BCUT2D eigenvalue weighted by Gasteiger charge is -2.34. The predicted molar refractivity (Wildman–Crippen MR) is 126 cm³/mol. The van der Waals surface area contributed by atoms with Crippen LogP contribution in [0.5, 0.6) is 0 Å². The Kier molecular flexibility index (Phi) is 5.79. The predicted octanol–water partition coefficient (Wildman–Crippen LogP) is 4.60. The first-order valence-electron chi connectivity index (χ1n) is 11.1. The number of ether oxygens (including phenoxy) is 1. The molecule has 36 heavy (non-hydrogen) atoms. The average molecular weight is 519 g/mol. The molecule has 1 saturated heterocycles. The van der Waals surface area contributed by atoms with E-state index in [0.717, 1.165) is 22.4 Å². The van der Waals surface area contributed by atoms with Crippen LogP contribution < -0.4 is 0 Å². The first-order chi connectivity index (χ1) is 17.0. The molecular formula is C24H22ClF3N6O2. The van der Waals surface area contributed by atoms with Gasteiger partial charge < -0.3 is 14.2 Å². The maximum atomic E-state index is 14.0. The molecule has 12 heteroatoms. The van der Waals surface area contributed by atoms with Crippen LogP contribution in [0.4, 0.5) is 13.2 Å². The van der Waals surface area contributed by atoms with Gasteiger partial charge in [-0.05, 0) is 43.3 Å². The molecule has 1 unspecified atom stereocenters. The first-order valence-corrected chi connectivity index (χ1v) is 11.5. The van der Waals surface area contributed by atoms with Gasteiger partial charge >= 0.3 is 6.18 Å². The van der Waals surface area contributed by atoms with E-state index in [4.69, 9.17) is 21.3 Å². The number of likely N-dealkylation sites (tertiary alicyclic amines) is 1. The highest BCUT2D eigenvalue weighted by molar-refractivity contribution is 6.31. The first kappa shape index (κ1) is 24.3. The smallest absolute Gasteiger partial charge is 0.380 e. The molecule has 3 heterocycles. The number of hydrogen-bond donors (Lipinski definition) is 0. The largest absolute Gasteiger partial charge is 0.416 e.